The van der Waals surface area contributed by atoms with E-state index in [4.69, 9.17) is 0 Å². The quantitative estimate of drug-likeness (QED) is 0.568. The molecule has 0 saturated heterocycles. The Morgan fingerprint density at radius 1 is 1.47 bits per heavy atom. The number of rotatable bonds is 3. The maximum Gasteiger partial charge on any atom is 0.330 e. The van der Waals surface area contributed by atoms with E-state index in [9.17, 15) is 13.6 Å². The molecule has 1 rings (SSSR count). The van der Waals surface area contributed by atoms with E-state index in [0.29, 0.717) is 0 Å². The van der Waals surface area contributed by atoms with Gasteiger partial charge in [0.05, 0.1) is 6.61 Å². The van der Waals surface area contributed by atoms with Crippen LogP contribution < -0.4 is 0 Å². The summed E-state index contributed by atoms with van der Waals surface area (Å²) in [5, 5.41) is 0. The molecule has 2 nitrogen and oxygen atoms in total. The first-order chi connectivity index (χ1) is 7.13. The minimum absolute atomic E-state index is 0.0167. The average Bonchev–Trinajstić information content (AvgIpc) is 2.20. The zero-order chi connectivity index (χ0) is 11.3. The molecule has 0 bridgehead atoms. The first kappa shape index (κ1) is 11.4. The molecule has 0 saturated carbocycles. The van der Waals surface area contributed by atoms with Crippen molar-refractivity contribution in [2.24, 2.45) is 0 Å². The molecule has 0 heterocycles. The molecule has 0 fully saturated rings. The number of ether oxygens (including phenoxy) is 1. The average molecular weight is 212 g/mol. The monoisotopic (exact) mass is 212 g/mol. The highest BCUT2D eigenvalue weighted by atomic mass is 19.1. The molecule has 0 aliphatic heterocycles. The summed E-state index contributed by atoms with van der Waals surface area (Å²) >= 11 is 0. The molecule has 15 heavy (non-hydrogen) atoms. The molecular formula is C11H10F2O2. The van der Waals surface area contributed by atoms with Gasteiger partial charge in [-0.25, -0.2) is 13.6 Å². The Labute approximate surface area is 86.2 Å². The van der Waals surface area contributed by atoms with Gasteiger partial charge in [-0.2, -0.15) is 0 Å². The Morgan fingerprint density at radius 2 is 2.20 bits per heavy atom. The van der Waals surface area contributed by atoms with Gasteiger partial charge in [-0.15, -0.1) is 0 Å². The van der Waals surface area contributed by atoms with E-state index in [1.165, 1.54) is 6.08 Å². The first-order valence-electron chi connectivity index (χ1n) is 4.43. The van der Waals surface area contributed by atoms with Gasteiger partial charge in [-0.3, -0.25) is 0 Å². The molecule has 1 aromatic carbocycles. The highest BCUT2D eigenvalue weighted by Gasteiger charge is 2.01. The Morgan fingerprint density at radius 3 is 2.87 bits per heavy atom. The van der Waals surface area contributed by atoms with Crippen LogP contribution in [0.1, 0.15) is 12.5 Å². The number of benzene rings is 1. The molecule has 0 aromatic heterocycles. The third kappa shape index (κ3) is 3.50. The molecule has 0 atom stereocenters. The van der Waals surface area contributed by atoms with Gasteiger partial charge in [0.1, 0.15) is 11.6 Å². The van der Waals surface area contributed by atoms with E-state index in [-0.39, 0.29) is 12.2 Å². The van der Waals surface area contributed by atoms with E-state index in [2.05, 4.69) is 4.74 Å². The van der Waals surface area contributed by atoms with Crippen molar-refractivity contribution in [2.75, 3.05) is 6.61 Å². The molecule has 0 aliphatic carbocycles. The largest absolute Gasteiger partial charge is 0.463 e. The third-order valence-electron chi connectivity index (χ3n) is 1.64. The van der Waals surface area contributed by atoms with Crippen molar-refractivity contribution in [3.05, 3.63) is 41.5 Å². The fourth-order valence-electron chi connectivity index (χ4n) is 0.991. The van der Waals surface area contributed by atoms with Gasteiger partial charge in [0.15, 0.2) is 0 Å². The summed E-state index contributed by atoms with van der Waals surface area (Å²) < 4.78 is 30.3. The second kappa shape index (κ2) is 5.24. The van der Waals surface area contributed by atoms with Gasteiger partial charge < -0.3 is 4.74 Å². The highest BCUT2D eigenvalue weighted by Crippen LogP contribution is 2.11. The molecule has 0 unspecified atom stereocenters. The van der Waals surface area contributed by atoms with E-state index in [1.54, 1.807) is 6.92 Å². The SMILES string of the molecule is CCOC(=O)/C=C/c1cc(F)ccc1F. The van der Waals surface area contributed by atoms with Gasteiger partial charge in [0.2, 0.25) is 0 Å². The summed E-state index contributed by atoms with van der Waals surface area (Å²) in [6.45, 7) is 1.91. The predicted molar refractivity (Wildman–Crippen MR) is 52.0 cm³/mol. The van der Waals surface area contributed by atoms with Crippen molar-refractivity contribution in [3.63, 3.8) is 0 Å². The van der Waals surface area contributed by atoms with Crippen molar-refractivity contribution in [3.8, 4) is 0 Å². The normalized spacial score (nSPS) is 10.6. The number of hydrogen-bond acceptors (Lipinski definition) is 2. The molecule has 0 spiro atoms. The minimum atomic E-state index is -0.586. The number of carbonyl (C=O) groups is 1. The van der Waals surface area contributed by atoms with Crippen molar-refractivity contribution >= 4 is 12.0 Å². The lowest BCUT2D eigenvalue weighted by Gasteiger charge is -1.97. The van der Waals surface area contributed by atoms with Gasteiger partial charge in [0.25, 0.3) is 0 Å². The lowest BCUT2D eigenvalue weighted by molar-refractivity contribution is -0.137. The van der Waals surface area contributed by atoms with E-state index in [1.807, 2.05) is 0 Å². The summed E-state index contributed by atoms with van der Waals surface area (Å²) in [6, 6.07) is 3.02. The third-order valence-corrected chi connectivity index (χ3v) is 1.64. The maximum atomic E-state index is 13.0. The van der Waals surface area contributed by atoms with Crippen LogP contribution in [-0.4, -0.2) is 12.6 Å². The van der Waals surface area contributed by atoms with Crippen LogP contribution >= 0.6 is 0 Å². The number of hydrogen-bond donors (Lipinski definition) is 0. The molecule has 0 radical (unpaired) electrons. The molecule has 0 N–H and O–H groups in total. The Kier molecular flexibility index (Phi) is 3.97. The first-order valence-corrected chi connectivity index (χ1v) is 4.43. The van der Waals surface area contributed by atoms with Crippen LogP contribution in [0, 0.1) is 11.6 Å². The maximum absolute atomic E-state index is 13.0. The molecular weight excluding hydrogens is 202 g/mol. The Bertz CT molecular complexity index is 386. The Balaban J connectivity index is 2.79. The second-order valence-electron chi connectivity index (χ2n) is 2.75. The summed E-state index contributed by atoms with van der Waals surface area (Å²) in [7, 11) is 0. The molecule has 1 aromatic rings. The number of halogens is 2. The number of carbonyl (C=O) groups excluding carboxylic acids is 1. The zero-order valence-corrected chi connectivity index (χ0v) is 8.17. The lowest BCUT2D eigenvalue weighted by atomic mass is 10.2. The predicted octanol–water partition coefficient (Wildman–Crippen LogP) is 2.54. The van der Waals surface area contributed by atoms with Crippen LogP contribution in [0.2, 0.25) is 0 Å². The van der Waals surface area contributed by atoms with Gasteiger partial charge in [-0.05, 0) is 31.2 Å². The van der Waals surface area contributed by atoms with Gasteiger partial charge >= 0.3 is 5.97 Å². The van der Waals surface area contributed by atoms with Gasteiger partial charge in [0, 0.05) is 11.6 Å². The van der Waals surface area contributed by atoms with Crippen LogP contribution in [0.5, 0.6) is 0 Å². The fraction of sp³-hybridized carbons (Fsp3) is 0.182. The van der Waals surface area contributed by atoms with Crippen molar-refractivity contribution in [2.45, 2.75) is 6.92 Å². The Hall–Kier alpha value is -1.71. The molecule has 0 amide bonds. The van der Waals surface area contributed by atoms with Crippen LogP contribution in [-0.2, 0) is 9.53 Å². The second-order valence-corrected chi connectivity index (χ2v) is 2.75. The number of esters is 1. The standard InChI is InChI=1S/C11H10F2O2/c1-2-15-11(14)6-3-8-7-9(12)4-5-10(8)13/h3-7H,2H2,1H3/b6-3+. The van der Waals surface area contributed by atoms with E-state index >= 15 is 0 Å². The van der Waals surface area contributed by atoms with Gasteiger partial charge in [-0.1, -0.05) is 0 Å². The molecule has 4 heteroatoms. The van der Waals surface area contributed by atoms with Crippen molar-refractivity contribution < 1.29 is 18.3 Å². The van der Waals surface area contributed by atoms with Crippen LogP contribution in [0.25, 0.3) is 6.08 Å². The summed E-state index contributed by atoms with van der Waals surface area (Å²) in [5.41, 5.74) is 0.0167. The van der Waals surface area contributed by atoms with Crippen LogP contribution in [0.4, 0.5) is 8.78 Å². The smallest absolute Gasteiger partial charge is 0.330 e. The fourth-order valence-corrected chi connectivity index (χ4v) is 0.991. The minimum Gasteiger partial charge on any atom is -0.463 e. The zero-order valence-electron chi connectivity index (χ0n) is 8.17. The van der Waals surface area contributed by atoms with Crippen molar-refractivity contribution in [1.82, 2.24) is 0 Å². The van der Waals surface area contributed by atoms with Crippen LogP contribution in [0.3, 0.4) is 0 Å². The topological polar surface area (TPSA) is 26.3 Å². The van der Waals surface area contributed by atoms with E-state index < -0.39 is 17.6 Å². The summed E-state index contributed by atoms with van der Waals surface area (Å²) in [5.74, 6) is -1.72. The van der Waals surface area contributed by atoms with Crippen molar-refractivity contribution in [1.29, 1.82) is 0 Å². The van der Waals surface area contributed by atoms with Crippen LogP contribution in [0.15, 0.2) is 24.3 Å². The highest BCUT2D eigenvalue weighted by molar-refractivity contribution is 5.87. The summed E-state index contributed by atoms with van der Waals surface area (Å²) in [4.78, 5) is 10.9. The lowest BCUT2D eigenvalue weighted by Crippen LogP contribution is -1.98. The molecule has 80 valence electrons. The summed E-state index contributed by atoms with van der Waals surface area (Å²) in [6.07, 6.45) is 2.23. The van der Waals surface area contributed by atoms with E-state index in [0.717, 1.165) is 24.3 Å². The molecule has 0 aliphatic rings.